The Bertz CT molecular complexity index is 1300. The van der Waals surface area contributed by atoms with Crippen LogP contribution in [0.3, 0.4) is 0 Å². The molecule has 34 heavy (non-hydrogen) atoms. The highest BCUT2D eigenvalue weighted by Crippen LogP contribution is 2.45. The minimum Gasteiger partial charge on any atom is -0.507 e. The smallest absolute Gasteiger partial charge is 0.239 e. The minimum absolute atomic E-state index is 0.150. The first-order valence-electron chi connectivity index (χ1n) is 10.3. The maximum Gasteiger partial charge on any atom is 0.239 e. The van der Waals surface area contributed by atoms with Crippen LogP contribution in [0.1, 0.15) is 18.6 Å². The normalized spacial score (nSPS) is 24.8. The van der Waals surface area contributed by atoms with Gasteiger partial charge in [0.25, 0.3) is 0 Å². The van der Waals surface area contributed by atoms with E-state index in [9.17, 15) is 35.4 Å². The molecule has 0 spiro atoms. The number of rotatable bonds is 4. The summed E-state index contributed by atoms with van der Waals surface area (Å²) in [4.78, 5) is 13.3. The molecule has 182 valence electrons. The molecule has 1 aliphatic heterocycles. The summed E-state index contributed by atoms with van der Waals surface area (Å²) in [5, 5.41) is 61.8. The Balaban J connectivity index is 2.04. The van der Waals surface area contributed by atoms with Gasteiger partial charge >= 0.3 is 0 Å². The van der Waals surface area contributed by atoms with Crippen LogP contribution >= 0.6 is 0 Å². The van der Waals surface area contributed by atoms with Crippen molar-refractivity contribution in [1.29, 1.82) is 0 Å². The lowest BCUT2D eigenvalue weighted by Gasteiger charge is -2.39. The first-order chi connectivity index (χ1) is 16.1. The Morgan fingerprint density at radius 1 is 0.882 bits per heavy atom. The van der Waals surface area contributed by atoms with Crippen LogP contribution in [0.5, 0.6) is 28.7 Å². The van der Waals surface area contributed by atoms with E-state index in [-0.39, 0.29) is 45.1 Å². The third-order valence-electron chi connectivity index (χ3n) is 5.90. The lowest BCUT2D eigenvalue weighted by Crippen LogP contribution is -2.53. The van der Waals surface area contributed by atoms with Gasteiger partial charge in [0.15, 0.2) is 22.8 Å². The van der Waals surface area contributed by atoms with Crippen LogP contribution < -0.4 is 14.9 Å². The van der Waals surface area contributed by atoms with E-state index in [0.29, 0.717) is 0 Å². The molecule has 0 saturated carbocycles. The van der Waals surface area contributed by atoms with Crippen LogP contribution in [0, 0.1) is 0 Å². The Labute approximate surface area is 192 Å². The second kappa shape index (κ2) is 8.69. The fourth-order valence-corrected chi connectivity index (χ4v) is 4.11. The summed E-state index contributed by atoms with van der Waals surface area (Å²) in [5.41, 5.74) is -1.16. The van der Waals surface area contributed by atoms with Crippen molar-refractivity contribution in [3.8, 4) is 40.1 Å². The molecular weight excluding hydrogens is 452 g/mol. The summed E-state index contributed by atoms with van der Waals surface area (Å²) in [6.45, 7) is 1.46. The fourth-order valence-electron chi connectivity index (χ4n) is 4.11. The Hall–Kier alpha value is -3.51. The van der Waals surface area contributed by atoms with E-state index in [2.05, 4.69) is 0 Å². The van der Waals surface area contributed by atoms with Crippen molar-refractivity contribution < 1.29 is 49.3 Å². The van der Waals surface area contributed by atoms with Crippen molar-refractivity contribution in [3.63, 3.8) is 0 Å². The number of benzene rings is 2. The van der Waals surface area contributed by atoms with Crippen LogP contribution in [0.25, 0.3) is 22.3 Å². The third-order valence-corrected chi connectivity index (χ3v) is 5.90. The highest BCUT2D eigenvalue weighted by Gasteiger charge is 2.45. The van der Waals surface area contributed by atoms with Gasteiger partial charge in [-0.1, -0.05) is 0 Å². The maximum absolute atomic E-state index is 13.3. The number of hydrogen-bond donors (Lipinski definition) is 6. The summed E-state index contributed by atoms with van der Waals surface area (Å²) in [6.07, 6.45) is -7.10. The van der Waals surface area contributed by atoms with E-state index >= 15 is 0 Å². The first kappa shape index (κ1) is 23.6. The van der Waals surface area contributed by atoms with Gasteiger partial charge in [-0.05, 0) is 25.1 Å². The third kappa shape index (κ3) is 3.59. The molecule has 3 aromatic rings. The van der Waals surface area contributed by atoms with Crippen molar-refractivity contribution in [2.45, 2.75) is 37.4 Å². The van der Waals surface area contributed by atoms with Gasteiger partial charge in [0, 0.05) is 11.6 Å². The molecule has 1 aromatic heterocycles. The van der Waals surface area contributed by atoms with E-state index in [1.54, 1.807) is 0 Å². The van der Waals surface area contributed by atoms with Gasteiger partial charge in [-0.15, -0.1) is 0 Å². The molecule has 0 radical (unpaired) electrons. The number of aliphatic hydroxyl groups excluding tert-OH is 3. The molecule has 0 bridgehead atoms. The summed E-state index contributed by atoms with van der Waals surface area (Å²) < 4.78 is 21.8. The largest absolute Gasteiger partial charge is 0.507 e. The predicted molar refractivity (Wildman–Crippen MR) is 117 cm³/mol. The molecule has 11 nitrogen and oxygen atoms in total. The maximum atomic E-state index is 13.3. The van der Waals surface area contributed by atoms with E-state index in [1.165, 1.54) is 39.3 Å². The van der Waals surface area contributed by atoms with E-state index in [0.717, 1.165) is 6.07 Å². The lowest BCUT2D eigenvalue weighted by molar-refractivity contribution is -0.219. The first-order valence-corrected chi connectivity index (χ1v) is 10.3. The van der Waals surface area contributed by atoms with Crippen LogP contribution in [-0.4, -0.2) is 69.3 Å². The van der Waals surface area contributed by atoms with Gasteiger partial charge in [0.2, 0.25) is 11.2 Å². The molecule has 5 atom stereocenters. The molecule has 0 amide bonds. The van der Waals surface area contributed by atoms with Gasteiger partial charge in [-0.2, -0.15) is 0 Å². The van der Waals surface area contributed by atoms with E-state index < -0.39 is 47.4 Å². The highest BCUT2D eigenvalue weighted by atomic mass is 16.5. The van der Waals surface area contributed by atoms with Crippen LogP contribution in [0.15, 0.2) is 33.5 Å². The number of aliphatic hydroxyl groups is 3. The summed E-state index contributed by atoms with van der Waals surface area (Å²) in [6, 6.07) is 5.07. The van der Waals surface area contributed by atoms with Crippen LogP contribution in [0.4, 0.5) is 0 Å². The SMILES string of the molecule is COc1ccc(-c2oc3c([C@@H]4O[C@@H](C)[C@H](O)C(O)C4O)c(O)cc(O)c3c(=O)c2OC)cc1O. The lowest BCUT2D eigenvalue weighted by atomic mass is 9.90. The topological polar surface area (TPSA) is 179 Å². The zero-order valence-electron chi connectivity index (χ0n) is 18.4. The monoisotopic (exact) mass is 476 g/mol. The number of phenolic OH excluding ortho intramolecular Hbond substituents is 3. The number of methoxy groups -OCH3 is 2. The van der Waals surface area contributed by atoms with Crippen molar-refractivity contribution in [2.24, 2.45) is 0 Å². The minimum atomic E-state index is -1.70. The van der Waals surface area contributed by atoms with Crippen molar-refractivity contribution in [3.05, 3.63) is 40.1 Å². The zero-order chi connectivity index (χ0) is 24.9. The molecule has 6 N–H and O–H groups in total. The quantitative estimate of drug-likeness (QED) is 0.318. The summed E-state index contributed by atoms with van der Waals surface area (Å²) in [5.74, 6) is -1.73. The van der Waals surface area contributed by atoms with E-state index in [1.807, 2.05) is 0 Å². The van der Waals surface area contributed by atoms with Gasteiger partial charge < -0.3 is 49.3 Å². The van der Waals surface area contributed by atoms with Crippen molar-refractivity contribution in [2.75, 3.05) is 14.2 Å². The molecule has 4 rings (SSSR count). The fraction of sp³-hybridized carbons (Fsp3) is 0.348. The Kier molecular flexibility index (Phi) is 6.04. The van der Waals surface area contributed by atoms with Crippen molar-refractivity contribution >= 4 is 11.0 Å². The van der Waals surface area contributed by atoms with Gasteiger partial charge in [-0.3, -0.25) is 4.79 Å². The number of ether oxygens (including phenoxy) is 3. The molecular formula is C23H24O11. The summed E-state index contributed by atoms with van der Waals surface area (Å²) >= 11 is 0. The average Bonchev–Trinajstić information content (AvgIpc) is 2.80. The number of phenols is 3. The van der Waals surface area contributed by atoms with Crippen LogP contribution in [0.2, 0.25) is 0 Å². The Morgan fingerprint density at radius 2 is 1.59 bits per heavy atom. The molecule has 11 heteroatoms. The number of aromatic hydroxyl groups is 3. The molecule has 2 unspecified atom stereocenters. The van der Waals surface area contributed by atoms with Crippen LogP contribution in [-0.2, 0) is 4.74 Å². The van der Waals surface area contributed by atoms with Gasteiger partial charge in [0.1, 0.15) is 41.3 Å². The van der Waals surface area contributed by atoms with Gasteiger partial charge in [0.05, 0.1) is 25.9 Å². The molecule has 2 heterocycles. The van der Waals surface area contributed by atoms with E-state index in [4.69, 9.17) is 18.6 Å². The van der Waals surface area contributed by atoms with Crippen molar-refractivity contribution in [1.82, 2.24) is 0 Å². The molecule has 1 saturated heterocycles. The molecule has 0 aliphatic carbocycles. The standard InChI is InChI=1S/C23H24O11/c1-8-16(27)18(29)19(30)22(33-8)15-12(26)7-11(25)14-17(28)23(32-3)20(34-21(14)15)9-4-5-13(31-2)10(24)6-9/h4-8,16,18-19,22,24-27,29-30H,1-3H3/t8-,16-,18?,19?,22-/m0/s1. The second-order valence-electron chi connectivity index (χ2n) is 7.95. The number of hydrogen-bond acceptors (Lipinski definition) is 11. The summed E-state index contributed by atoms with van der Waals surface area (Å²) in [7, 11) is 2.59. The molecule has 1 fully saturated rings. The average molecular weight is 476 g/mol. The van der Waals surface area contributed by atoms with Gasteiger partial charge in [-0.25, -0.2) is 0 Å². The number of fused-ring (bicyclic) bond motifs is 1. The molecule has 1 aliphatic rings. The Morgan fingerprint density at radius 3 is 2.21 bits per heavy atom. The highest BCUT2D eigenvalue weighted by molar-refractivity contribution is 5.91. The second-order valence-corrected chi connectivity index (χ2v) is 7.95. The molecule has 2 aromatic carbocycles. The predicted octanol–water partition coefficient (Wildman–Crippen LogP) is 1.14. The zero-order valence-corrected chi connectivity index (χ0v) is 18.4.